The van der Waals surface area contributed by atoms with Gasteiger partial charge in [-0.15, -0.1) is 11.3 Å². The number of anilines is 2. The molecule has 0 bridgehead atoms. The molecule has 1 aliphatic rings. The number of rotatable bonds is 6. The summed E-state index contributed by atoms with van der Waals surface area (Å²) in [4.78, 5) is 27.8. The molecule has 0 aromatic carbocycles. The molecule has 0 radical (unpaired) electrons. The van der Waals surface area contributed by atoms with E-state index in [1.165, 1.54) is 17.4 Å². The van der Waals surface area contributed by atoms with Gasteiger partial charge in [0, 0.05) is 18.1 Å². The highest BCUT2D eigenvalue weighted by atomic mass is 35.5. The lowest BCUT2D eigenvalue weighted by Crippen LogP contribution is -2.35. The average molecular weight is 528 g/mol. The van der Waals surface area contributed by atoms with Gasteiger partial charge in [0.15, 0.2) is 0 Å². The van der Waals surface area contributed by atoms with Crippen molar-refractivity contribution in [3.8, 4) is 10.6 Å². The molecular formula is C22H21ClF3N5O3S. The number of halogens is 4. The molecule has 0 amide bonds. The highest BCUT2D eigenvalue weighted by Crippen LogP contribution is 2.43. The van der Waals surface area contributed by atoms with Crippen molar-refractivity contribution in [3.05, 3.63) is 46.4 Å². The van der Waals surface area contributed by atoms with E-state index >= 15 is 0 Å². The summed E-state index contributed by atoms with van der Waals surface area (Å²) < 4.78 is 38.8. The zero-order valence-corrected chi connectivity index (χ0v) is 20.0. The number of thiazole rings is 1. The maximum Gasteiger partial charge on any atom is 0.433 e. The fourth-order valence-corrected chi connectivity index (χ4v) is 5.31. The van der Waals surface area contributed by atoms with E-state index in [1.807, 2.05) is 0 Å². The summed E-state index contributed by atoms with van der Waals surface area (Å²) in [6.45, 7) is 1.67. The molecule has 1 fully saturated rings. The normalized spacial score (nSPS) is 20.3. The summed E-state index contributed by atoms with van der Waals surface area (Å²) in [5, 5.41) is 23.7. The highest BCUT2D eigenvalue weighted by Gasteiger charge is 2.40. The molecule has 1 aliphatic carbocycles. The quantitative estimate of drug-likeness (QED) is 0.359. The van der Waals surface area contributed by atoms with Gasteiger partial charge in [-0.1, -0.05) is 11.6 Å². The molecule has 4 rings (SSSR count). The van der Waals surface area contributed by atoms with Gasteiger partial charge in [0.2, 0.25) is 5.95 Å². The van der Waals surface area contributed by atoms with Gasteiger partial charge in [0.1, 0.15) is 21.5 Å². The van der Waals surface area contributed by atoms with Crippen LogP contribution in [0.2, 0.25) is 5.15 Å². The number of carbonyl (C=O) groups is 1. The van der Waals surface area contributed by atoms with E-state index in [0.29, 0.717) is 46.9 Å². The maximum atomic E-state index is 12.9. The fourth-order valence-electron chi connectivity index (χ4n) is 4.10. The van der Waals surface area contributed by atoms with Crippen LogP contribution < -0.4 is 5.32 Å². The molecule has 0 spiro atoms. The molecule has 3 aromatic rings. The Morgan fingerprint density at radius 1 is 1.17 bits per heavy atom. The van der Waals surface area contributed by atoms with E-state index < -0.39 is 29.4 Å². The van der Waals surface area contributed by atoms with Gasteiger partial charge in [0.05, 0.1) is 16.5 Å². The summed E-state index contributed by atoms with van der Waals surface area (Å²) in [5.74, 6) is -1.60. The predicted octanol–water partition coefficient (Wildman–Crippen LogP) is 5.51. The zero-order chi connectivity index (χ0) is 25.4. The Balaban J connectivity index is 1.54. The number of hydrogen-bond donors (Lipinski definition) is 3. The molecule has 0 aliphatic heterocycles. The van der Waals surface area contributed by atoms with Gasteiger partial charge in [0.25, 0.3) is 0 Å². The Labute approximate surface area is 207 Å². The first-order chi connectivity index (χ1) is 16.4. The molecule has 35 heavy (non-hydrogen) atoms. The van der Waals surface area contributed by atoms with E-state index in [1.54, 1.807) is 19.2 Å². The number of alkyl halides is 3. The Morgan fingerprint density at radius 2 is 1.89 bits per heavy atom. The summed E-state index contributed by atoms with van der Waals surface area (Å²) in [6.07, 6.45) is 0.0691. The van der Waals surface area contributed by atoms with Crippen molar-refractivity contribution in [2.24, 2.45) is 11.8 Å². The van der Waals surface area contributed by atoms with Gasteiger partial charge in [-0.25, -0.2) is 19.9 Å². The largest absolute Gasteiger partial charge is 0.481 e. The summed E-state index contributed by atoms with van der Waals surface area (Å²) in [5.41, 5.74) is -1.60. The number of hydrogen-bond acceptors (Lipinski definition) is 8. The van der Waals surface area contributed by atoms with Gasteiger partial charge >= 0.3 is 12.1 Å². The maximum absolute atomic E-state index is 12.9. The van der Waals surface area contributed by atoms with Crippen LogP contribution in [0.15, 0.2) is 30.6 Å². The molecule has 3 aromatic heterocycles. The number of carboxylic acid groups (broad SMARTS) is 1. The second-order valence-electron chi connectivity index (χ2n) is 8.52. The van der Waals surface area contributed by atoms with Crippen LogP contribution in [0.25, 0.3) is 10.6 Å². The predicted molar refractivity (Wildman–Crippen MR) is 123 cm³/mol. The molecule has 3 N–H and O–H groups in total. The zero-order valence-electron chi connectivity index (χ0n) is 18.4. The van der Waals surface area contributed by atoms with Crippen molar-refractivity contribution in [1.29, 1.82) is 0 Å². The number of nitrogens with one attached hydrogen (secondary N) is 1. The van der Waals surface area contributed by atoms with Crippen molar-refractivity contribution >= 4 is 40.5 Å². The van der Waals surface area contributed by atoms with E-state index in [0.717, 1.165) is 12.3 Å². The Kier molecular flexibility index (Phi) is 6.98. The first-order valence-electron chi connectivity index (χ1n) is 10.7. The topological polar surface area (TPSA) is 121 Å². The van der Waals surface area contributed by atoms with Crippen LogP contribution in [-0.2, 0) is 16.6 Å². The highest BCUT2D eigenvalue weighted by molar-refractivity contribution is 7.15. The summed E-state index contributed by atoms with van der Waals surface area (Å²) >= 11 is 7.36. The third-order valence-electron chi connectivity index (χ3n) is 6.06. The standard InChI is InChI=1S/C22H21ClF3N5O3S/c1-21(34,12-4-2-11(3-5-12)18(32)33)19-28-10-15(35-19)14-8-13(9-17(23)30-14)29-20-27-7-6-16(31-20)22(24,25)26/h6-12,34H,2-5H2,1H3,(H,32,33)(H,27,29,30,31)/t11-,12-,21?. The smallest absolute Gasteiger partial charge is 0.433 e. The minimum absolute atomic E-state index is 0.0886. The monoisotopic (exact) mass is 527 g/mol. The fraction of sp³-hybridized carbons (Fsp3) is 0.409. The van der Waals surface area contributed by atoms with Crippen molar-refractivity contribution < 1.29 is 28.2 Å². The minimum atomic E-state index is -4.61. The Morgan fingerprint density at radius 3 is 2.54 bits per heavy atom. The Hall–Kier alpha value is -2.83. The molecule has 186 valence electrons. The molecule has 8 nitrogen and oxygen atoms in total. The van der Waals surface area contributed by atoms with Crippen molar-refractivity contribution in [2.45, 2.75) is 44.4 Å². The number of carboxylic acids is 1. The van der Waals surface area contributed by atoms with Gasteiger partial charge in [-0.3, -0.25) is 4.79 Å². The van der Waals surface area contributed by atoms with Crippen LogP contribution in [0, 0.1) is 11.8 Å². The van der Waals surface area contributed by atoms with Crippen LogP contribution in [0.3, 0.4) is 0 Å². The second-order valence-corrected chi connectivity index (χ2v) is 9.93. The molecule has 0 saturated heterocycles. The summed E-state index contributed by atoms with van der Waals surface area (Å²) in [7, 11) is 0. The third-order valence-corrected chi connectivity index (χ3v) is 7.50. The van der Waals surface area contributed by atoms with Crippen LogP contribution in [-0.4, -0.2) is 36.1 Å². The Bertz CT molecular complexity index is 1230. The van der Waals surface area contributed by atoms with Crippen molar-refractivity contribution in [3.63, 3.8) is 0 Å². The SMILES string of the molecule is CC(O)(c1ncc(-c2cc(Nc3nccc(C(F)(F)F)n3)cc(Cl)n2)s1)[C@H]1CC[C@H](C(=O)O)CC1. The number of nitrogens with zero attached hydrogens (tertiary/aromatic N) is 4. The minimum Gasteiger partial charge on any atom is -0.481 e. The molecule has 1 atom stereocenters. The van der Waals surface area contributed by atoms with Crippen LogP contribution in [0.1, 0.15) is 43.3 Å². The third kappa shape index (κ3) is 5.71. The lowest BCUT2D eigenvalue weighted by Gasteiger charge is -2.35. The van der Waals surface area contributed by atoms with Gasteiger partial charge in [-0.05, 0) is 56.7 Å². The average Bonchev–Trinajstić information content (AvgIpc) is 3.30. The second kappa shape index (κ2) is 9.67. The van der Waals surface area contributed by atoms with Crippen LogP contribution in [0.4, 0.5) is 24.8 Å². The van der Waals surface area contributed by atoms with Crippen LogP contribution >= 0.6 is 22.9 Å². The van der Waals surface area contributed by atoms with E-state index in [4.69, 9.17) is 11.6 Å². The van der Waals surface area contributed by atoms with E-state index in [-0.39, 0.29) is 17.0 Å². The van der Waals surface area contributed by atoms with E-state index in [2.05, 4.69) is 25.3 Å². The lowest BCUT2D eigenvalue weighted by atomic mass is 9.74. The first kappa shape index (κ1) is 25.3. The number of aromatic nitrogens is 4. The molecule has 3 heterocycles. The van der Waals surface area contributed by atoms with Crippen LogP contribution in [0.5, 0.6) is 0 Å². The lowest BCUT2D eigenvalue weighted by molar-refractivity contribution is -0.144. The van der Waals surface area contributed by atoms with Crippen molar-refractivity contribution in [2.75, 3.05) is 5.32 Å². The first-order valence-corrected chi connectivity index (χ1v) is 11.9. The van der Waals surface area contributed by atoms with E-state index in [9.17, 15) is 28.2 Å². The van der Waals surface area contributed by atoms with Gasteiger partial charge in [-0.2, -0.15) is 13.2 Å². The van der Waals surface area contributed by atoms with Crippen molar-refractivity contribution in [1.82, 2.24) is 19.9 Å². The summed E-state index contributed by atoms with van der Waals surface area (Å²) in [6, 6.07) is 3.77. The molecule has 1 saturated carbocycles. The van der Waals surface area contributed by atoms with Gasteiger partial charge < -0.3 is 15.5 Å². The molecular weight excluding hydrogens is 507 g/mol. The number of pyridine rings is 1. The number of aliphatic hydroxyl groups is 1. The molecule has 1 unspecified atom stereocenters. The number of aliphatic carboxylic acids is 1. The molecule has 13 heteroatoms.